The van der Waals surface area contributed by atoms with Crippen LogP contribution in [0, 0.1) is 0 Å². The minimum Gasteiger partial charge on any atom is -0.380 e. The fourth-order valence-electron chi connectivity index (χ4n) is 1.72. The van der Waals surface area contributed by atoms with E-state index in [-0.39, 0.29) is 16.2 Å². The van der Waals surface area contributed by atoms with Crippen LogP contribution in [0.3, 0.4) is 0 Å². The van der Waals surface area contributed by atoms with Crippen LogP contribution < -0.4 is 0 Å². The number of carbonyl (C=O) groups is 1. The fraction of sp³-hybridized carbons (Fsp3) is 0.571. The van der Waals surface area contributed by atoms with E-state index in [1.165, 1.54) is 12.1 Å². The zero-order valence-electron chi connectivity index (χ0n) is 12.3. The molecule has 118 valence electrons. The second-order valence-corrected chi connectivity index (χ2v) is 4.96. The number of halogens is 2. The normalized spacial score (nSPS) is 10.7. The average Bonchev–Trinajstić information content (AvgIpc) is 2.44. The van der Waals surface area contributed by atoms with Crippen molar-refractivity contribution in [2.45, 2.75) is 13.8 Å². The molecule has 1 amide bonds. The first-order valence-electron chi connectivity index (χ1n) is 6.86. The highest BCUT2D eigenvalue weighted by molar-refractivity contribution is 6.33. The molecule has 7 heteroatoms. The maximum absolute atomic E-state index is 12.5. The molecule has 0 fully saturated rings. The van der Waals surface area contributed by atoms with Gasteiger partial charge in [0, 0.05) is 31.9 Å². The van der Waals surface area contributed by atoms with Crippen molar-refractivity contribution in [3.63, 3.8) is 0 Å². The highest BCUT2D eigenvalue weighted by atomic mass is 35.5. The monoisotopic (exact) mass is 334 g/mol. The van der Waals surface area contributed by atoms with Crippen molar-refractivity contribution < 1.29 is 14.3 Å². The molecule has 0 atom stereocenters. The minimum absolute atomic E-state index is 0.166. The Morgan fingerprint density at radius 3 is 2.00 bits per heavy atom. The SMILES string of the molecule is CCOCCN(CCOCC)C(=O)c1cc(Cl)nc(Cl)c1. The van der Waals surface area contributed by atoms with Crippen LogP contribution in [0.25, 0.3) is 0 Å². The maximum Gasteiger partial charge on any atom is 0.254 e. The number of aromatic nitrogens is 1. The quantitative estimate of drug-likeness (QED) is 0.514. The van der Waals surface area contributed by atoms with Crippen molar-refractivity contribution >= 4 is 29.1 Å². The number of carbonyl (C=O) groups excluding carboxylic acids is 1. The average molecular weight is 335 g/mol. The minimum atomic E-state index is -0.166. The van der Waals surface area contributed by atoms with E-state index in [1.54, 1.807) is 4.90 Å². The molecule has 0 aliphatic heterocycles. The molecule has 0 aliphatic rings. The molecule has 1 rings (SSSR count). The van der Waals surface area contributed by atoms with Crippen LogP contribution in [0.2, 0.25) is 10.3 Å². The van der Waals surface area contributed by atoms with Crippen LogP contribution in [0.15, 0.2) is 12.1 Å². The third-order valence-corrected chi connectivity index (χ3v) is 3.10. The van der Waals surface area contributed by atoms with E-state index in [1.807, 2.05) is 13.8 Å². The van der Waals surface area contributed by atoms with Gasteiger partial charge in [-0.2, -0.15) is 0 Å². The fourth-order valence-corrected chi connectivity index (χ4v) is 2.18. The lowest BCUT2D eigenvalue weighted by atomic mass is 10.2. The topological polar surface area (TPSA) is 51.7 Å². The molecule has 0 radical (unpaired) electrons. The van der Waals surface area contributed by atoms with E-state index in [0.29, 0.717) is 45.1 Å². The summed E-state index contributed by atoms with van der Waals surface area (Å²) in [5, 5.41) is 0.390. The molecule has 0 aliphatic carbocycles. The predicted molar refractivity (Wildman–Crippen MR) is 83.1 cm³/mol. The van der Waals surface area contributed by atoms with E-state index in [2.05, 4.69) is 4.98 Å². The zero-order valence-corrected chi connectivity index (χ0v) is 13.8. The summed E-state index contributed by atoms with van der Waals surface area (Å²) < 4.78 is 10.6. The molecule has 0 N–H and O–H groups in total. The van der Waals surface area contributed by atoms with E-state index in [0.717, 1.165) is 0 Å². The number of hydrogen-bond acceptors (Lipinski definition) is 4. The number of amides is 1. The molecule has 1 aromatic heterocycles. The number of nitrogens with zero attached hydrogens (tertiary/aromatic N) is 2. The predicted octanol–water partition coefficient (Wildman–Crippen LogP) is 2.90. The van der Waals surface area contributed by atoms with Crippen LogP contribution in [0.5, 0.6) is 0 Å². The standard InChI is InChI=1S/C14H20Cl2N2O3/c1-3-20-7-5-18(6-8-21-4-2)14(19)11-9-12(15)17-13(16)10-11/h9-10H,3-8H2,1-2H3. The van der Waals surface area contributed by atoms with Gasteiger partial charge in [-0.25, -0.2) is 4.98 Å². The summed E-state index contributed by atoms with van der Waals surface area (Å²) in [6, 6.07) is 3.01. The first-order chi connectivity index (χ1) is 10.1. The van der Waals surface area contributed by atoms with E-state index in [9.17, 15) is 4.79 Å². The van der Waals surface area contributed by atoms with Gasteiger partial charge in [0.1, 0.15) is 10.3 Å². The van der Waals surface area contributed by atoms with Gasteiger partial charge in [-0.1, -0.05) is 23.2 Å². The highest BCUT2D eigenvalue weighted by Gasteiger charge is 2.17. The van der Waals surface area contributed by atoms with E-state index >= 15 is 0 Å². The molecule has 21 heavy (non-hydrogen) atoms. The Labute approximate surface area is 135 Å². The molecule has 1 heterocycles. The summed E-state index contributed by atoms with van der Waals surface area (Å²) in [6.45, 7) is 6.96. The molecule has 0 saturated heterocycles. The maximum atomic E-state index is 12.5. The molecule has 0 bridgehead atoms. The molecule has 0 aromatic carbocycles. The van der Waals surface area contributed by atoms with E-state index < -0.39 is 0 Å². The number of rotatable bonds is 9. The number of pyridine rings is 1. The van der Waals surface area contributed by atoms with Gasteiger partial charge in [0.05, 0.1) is 13.2 Å². The van der Waals surface area contributed by atoms with Gasteiger partial charge in [0.25, 0.3) is 5.91 Å². The number of ether oxygens (including phenoxy) is 2. The van der Waals surface area contributed by atoms with Crippen LogP contribution >= 0.6 is 23.2 Å². The Hall–Kier alpha value is -0.880. The summed E-state index contributed by atoms with van der Waals surface area (Å²) in [5.74, 6) is -0.166. The van der Waals surface area contributed by atoms with Crippen LogP contribution in [-0.4, -0.2) is 55.3 Å². The molecule has 0 spiro atoms. The second kappa shape index (κ2) is 9.95. The summed E-state index contributed by atoms with van der Waals surface area (Å²) in [7, 11) is 0. The summed E-state index contributed by atoms with van der Waals surface area (Å²) >= 11 is 11.7. The Bertz CT molecular complexity index is 428. The lowest BCUT2D eigenvalue weighted by molar-refractivity contribution is 0.0550. The van der Waals surface area contributed by atoms with Gasteiger partial charge in [0.2, 0.25) is 0 Å². The van der Waals surface area contributed by atoms with Crippen molar-refractivity contribution in [2.24, 2.45) is 0 Å². The third kappa shape index (κ3) is 6.61. The molecular weight excluding hydrogens is 315 g/mol. The molecular formula is C14H20Cl2N2O3. The summed E-state index contributed by atoms with van der Waals surface area (Å²) in [6.07, 6.45) is 0. The molecule has 1 aromatic rings. The third-order valence-electron chi connectivity index (χ3n) is 2.72. The smallest absolute Gasteiger partial charge is 0.254 e. The van der Waals surface area contributed by atoms with Gasteiger partial charge in [-0.15, -0.1) is 0 Å². The van der Waals surface area contributed by atoms with Crippen LogP contribution in [0.1, 0.15) is 24.2 Å². The number of hydrogen-bond donors (Lipinski definition) is 0. The van der Waals surface area contributed by atoms with Crippen molar-refractivity contribution in [2.75, 3.05) is 39.5 Å². The van der Waals surface area contributed by atoms with Gasteiger partial charge < -0.3 is 14.4 Å². The van der Waals surface area contributed by atoms with Gasteiger partial charge >= 0.3 is 0 Å². The summed E-state index contributed by atoms with van der Waals surface area (Å²) in [5.41, 5.74) is 0.410. The largest absolute Gasteiger partial charge is 0.380 e. The highest BCUT2D eigenvalue weighted by Crippen LogP contribution is 2.16. The molecule has 0 saturated carbocycles. The Morgan fingerprint density at radius 1 is 1.10 bits per heavy atom. The first kappa shape index (κ1) is 18.2. The Kier molecular flexibility index (Phi) is 8.61. The van der Waals surface area contributed by atoms with Crippen molar-refractivity contribution in [3.05, 3.63) is 28.0 Å². The van der Waals surface area contributed by atoms with Crippen LogP contribution in [0.4, 0.5) is 0 Å². The Balaban J connectivity index is 2.76. The van der Waals surface area contributed by atoms with Crippen LogP contribution in [-0.2, 0) is 9.47 Å². The van der Waals surface area contributed by atoms with E-state index in [4.69, 9.17) is 32.7 Å². The first-order valence-corrected chi connectivity index (χ1v) is 7.61. The zero-order chi connectivity index (χ0) is 15.7. The van der Waals surface area contributed by atoms with Gasteiger partial charge in [-0.3, -0.25) is 4.79 Å². The van der Waals surface area contributed by atoms with Gasteiger partial charge in [0.15, 0.2) is 0 Å². The van der Waals surface area contributed by atoms with Crippen molar-refractivity contribution in [1.29, 1.82) is 0 Å². The lowest BCUT2D eigenvalue weighted by Crippen LogP contribution is -2.36. The lowest BCUT2D eigenvalue weighted by Gasteiger charge is -2.22. The molecule has 0 unspecified atom stereocenters. The van der Waals surface area contributed by atoms with Crippen molar-refractivity contribution in [3.8, 4) is 0 Å². The molecule has 5 nitrogen and oxygen atoms in total. The second-order valence-electron chi connectivity index (χ2n) is 4.19. The van der Waals surface area contributed by atoms with Crippen molar-refractivity contribution in [1.82, 2.24) is 9.88 Å². The Morgan fingerprint density at radius 2 is 1.57 bits per heavy atom. The van der Waals surface area contributed by atoms with Gasteiger partial charge in [-0.05, 0) is 26.0 Å². The summed E-state index contributed by atoms with van der Waals surface area (Å²) in [4.78, 5) is 18.0.